The molecular formula is C19H25FN4O3S. The maximum atomic E-state index is 13.8. The van der Waals surface area contributed by atoms with E-state index in [9.17, 15) is 17.6 Å². The molecule has 0 atom stereocenters. The second-order valence-electron chi connectivity index (χ2n) is 7.20. The van der Waals surface area contributed by atoms with Crippen molar-refractivity contribution in [2.75, 3.05) is 20.1 Å². The van der Waals surface area contributed by atoms with Crippen LogP contribution in [-0.2, 0) is 28.4 Å². The van der Waals surface area contributed by atoms with Crippen LogP contribution in [-0.4, -0.2) is 53.2 Å². The Morgan fingerprint density at radius 3 is 2.50 bits per heavy atom. The van der Waals surface area contributed by atoms with Crippen LogP contribution in [0.1, 0.15) is 24.2 Å². The Morgan fingerprint density at radius 2 is 1.93 bits per heavy atom. The van der Waals surface area contributed by atoms with Gasteiger partial charge in [0.1, 0.15) is 11.6 Å². The van der Waals surface area contributed by atoms with Crippen LogP contribution in [0.2, 0.25) is 0 Å². The molecule has 0 N–H and O–H groups in total. The summed E-state index contributed by atoms with van der Waals surface area (Å²) in [5.41, 5.74) is 0.462. The minimum Gasteiger partial charge on any atom is -0.341 e. The number of halogens is 1. The van der Waals surface area contributed by atoms with E-state index in [1.165, 1.54) is 21.5 Å². The van der Waals surface area contributed by atoms with Gasteiger partial charge in [-0.1, -0.05) is 18.2 Å². The predicted molar refractivity (Wildman–Crippen MR) is 102 cm³/mol. The zero-order chi connectivity index (χ0) is 20.5. The predicted octanol–water partition coefficient (Wildman–Crippen LogP) is 1.93. The SMILES string of the molecule is Cc1nc(S(=O)(=O)N2CCC(C(=O)N(C)Cc3ccccc3F)CC2)cn1C. The first-order chi connectivity index (χ1) is 13.2. The van der Waals surface area contributed by atoms with E-state index in [1.54, 1.807) is 43.8 Å². The summed E-state index contributed by atoms with van der Waals surface area (Å²) < 4.78 is 42.4. The third-order valence-electron chi connectivity index (χ3n) is 5.24. The van der Waals surface area contributed by atoms with E-state index in [-0.39, 0.29) is 42.3 Å². The summed E-state index contributed by atoms with van der Waals surface area (Å²) in [6.07, 6.45) is 2.38. The Morgan fingerprint density at radius 1 is 1.29 bits per heavy atom. The molecule has 0 aliphatic carbocycles. The van der Waals surface area contributed by atoms with E-state index in [1.807, 2.05) is 0 Å². The van der Waals surface area contributed by atoms with E-state index in [2.05, 4.69) is 4.98 Å². The number of amides is 1. The van der Waals surface area contributed by atoms with Gasteiger partial charge in [0.15, 0.2) is 5.03 Å². The summed E-state index contributed by atoms with van der Waals surface area (Å²) in [5, 5.41) is 0.0361. The number of nitrogens with zero attached hydrogens (tertiary/aromatic N) is 4. The largest absolute Gasteiger partial charge is 0.341 e. The average molecular weight is 408 g/mol. The van der Waals surface area contributed by atoms with E-state index >= 15 is 0 Å². The van der Waals surface area contributed by atoms with Crippen molar-refractivity contribution in [3.63, 3.8) is 0 Å². The molecule has 1 aromatic carbocycles. The molecule has 3 rings (SSSR count). The molecule has 0 saturated carbocycles. The summed E-state index contributed by atoms with van der Waals surface area (Å²) in [6, 6.07) is 6.37. The molecular weight excluding hydrogens is 383 g/mol. The number of aromatic nitrogens is 2. The van der Waals surface area contributed by atoms with E-state index in [0.29, 0.717) is 24.2 Å². The third-order valence-corrected chi connectivity index (χ3v) is 7.01. The van der Waals surface area contributed by atoms with Crippen LogP contribution in [0.3, 0.4) is 0 Å². The number of carbonyl (C=O) groups excluding carboxylic acids is 1. The molecule has 0 spiro atoms. The van der Waals surface area contributed by atoms with Gasteiger partial charge in [-0.2, -0.15) is 4.31 Å². The quantitative estimate of drug-likeness (QED) is 0.758. The van der Waals surface area contributed by atoms with Gasteiger partial charge in [0, 0.05) is 51.4 Å². The monoisotopic (exact) mass is 408 g/mol. The first-order valence-corrected chi connectivity index (χ1v) is 10.6. The molecule has 1 aliphatic heterocycles. The van der Waals surface area contributed by atoms with E-state index in [0.717, 1.165) is 0 Å². The number of benzene rings is 1. The van der Waals surface area contributed by atoms with Gasteiger partial charge >= 0.3 is 0 Å². The van der Waals surface area contributed by atoms with Gasteiger partial charge in [0.2, 0.25) is 5.91 Å². The lowest BCUT2D eigenvalue weighted by Crippen LogP contribution is -2.43. The Kier molecular flexibility index (Phi) is 5.85. The van der Waals surface area contributed by atoms with Gasteiger partial charge < -0.3 is 9.47 Å². The zero-order valence-electron chi connectivity index (χ0n) is 16.3. The molecule has 28 heavy (non-hydrogen) atoms. The van der Waals surface area contributed by atoms with E-state index in [4.69, 9.17) is 0 Å². The number of hydrogen-bond acceptors (Lipinski definition) is 4. The lowest BCUT2D eigenvalue weighted by atomic mass is 9.96. The number of aryl methyl sites for hydroxylation is 2. The molecule has 2 aromatic rings. The first-order valence-electron chi connectivity index (χ1n) is 9.18. The topological polar surface area (TPSA) is 75.5 Å². The molecule has 0 bridgehead atoms. The number of sulfonamides is 1. The van der Waals surface area contributed by atoms with Crippen molar-refractivity contribution in [2.24, 2.45) is 13.0 Å². The van der Waals surface area contributed by atoms with Crippen LogP contribution in [0.4, 0.5) is 4.39 Å². The first kappa shape index (κ1) is 20.5. The maximum absolute atomic E-state index is 13.8. The molecule has 0 radical (unpaired) electrons. The molecule has 1 aromatic heterocycles. The van der Waals surface area contributed by atoms with Crippen LogP contribution < -0.4 is 0 Å². The van der Waals surface area contributed by atoms with Gasteiger partial charge in [-0.25, -0.2) is 17.8 Å². The highest BCUT2D eigenvalue weighted by Gasteiger charge is 2.34. The minimum absolute atomic E-state index is 0.0361. The number of hydrogen-bond donors (Lipinski definition) is 0. The van der Waals surface area contributed by atoms with Crippen molar-refractivity contribution >= 4 is 15.9 Å². The van der Waals surface area contributed by atoms with E-state index < -0.39 is 10.0 Å². The van der Waals surface area contributed by atoms with Crippen LogP contribution in [0.15, 0.2) is 35.5 Å². The number of carbonyl (C=O) groups is 1. The Balaban J connectivity index is 1.61. The molecule has 1 saturated heterocycles. The summed E-state index contributed by atoms with van der Waals surface area (Å²) in [5.74, 6) is -0.0743. The molecule has 152 valence electrons. The van der Waals surface area contributed by atoms with Crippen LogP contribution in [0.25, 0.3) is 0 Å². The zero-order valence-corrected chi connectivity index (χ0v) is 17.1. The number of piperidine rings is 1. The minimum atomic E-state index is -3.66. The summed E-state index contributed by atoms with van der Waals surface area (Å²) in [4.78, 5) is 18.3. The van der Waals surface area contributed by atoms with Crippen molar-refractivity contribution in [3.8, 4) is 0 Å². The molecule has 1 aliphatic rings. The van der Waals surface area contributed by atoms with Crippen LogP contribution in [0.5, 0.6) is 0 Å². The van der Waals surface area contributed by atoms with Gasteiger partial charge in [0.25, 0.3) is 10.0 Å². The normalized spacial score (nSPS) is 16.3. The van der Waals surface area contributed by atoms with Gasteiger partial charge in [-0.05, 0) is 25.8 Å². The van der Waals surface area contributed by atoms with Crippen LogP contribution >= 0.6 is 0 Å². The van der Waals surface area contributed by atoms with Crippen LogP contribution in [0, 0.1) is 18.7 Å². The lowest BCUT2D eigenvalue weighted by molar-refractivity contribution is -0.136. The summed E-state index contributed by atoms with van der Waals surface area (Å²) in [7, 11) is -0.265. The average Bonchev–Trinajstić information content (AvgIpc) is 3.02. The Labute approximate surface area is 164 Å². The smallest absolute Gasteiger partial charge is 0.262 e. The highest BCUT2D eigenvalue weighted by molar-refractivity contribution is 7.89. The number of imidazole rings is 1. The second kappa shape index (κ2) is 8.00. The second-order valence-corrected chi connectivity index (χ2v) is 9.09. The summed E-state index contributed by atoms with van der Waals surface area (Å²) >= 11 is 0. The molecule has 9 heteroatoms. The third kappa shape index (κ3) is 4.10. The fourth-order valence-corrected chi connectivity index (χ4v) is 4.89. The van der Waals surface area contributed by atoms with Gasteiger partial charge in [-0.15, -0.1) is 0 Å². The van der Waals surface area contributed by atoms with Crippen molar-refractivity contribution in [1.82, 2.24) is 18.8 Å². The Hall–Kier alpha value is -2.26. The molecule has 1 amide bonds. The van der Waals surface area contributed by atoms with Crippen molar-refractivity contribution in [2.45, 2.75) is 31.3 Å². The van der Waals surface area contributed by atoms with Crippen molar-refractivity contribution in [3.05, 3.63) is 47.7 Å². The van der Waals surface area contributed by atoms with Gasteiger partial charge in [-0.3, -0.25) is 4.79 Å². The Bertz CT molecular complexity index is 946. The standard InChI is InChI=1S/C19H25FN4O3S/c1-14-21-18(13-22(14)2)28(26,27)24-10-8-15(9-11-24)19(25)23(3)12-16-6-4-5-7-17(16)20/h4-7,13,15H,8-12H2,1-3H3. The highest BCUT2D eigenvalue weighted by Crippen LogP contribution is 2.25. The van der Waals surface area contributed by atoms with Gasteiger partial charge in [0.05, 0.1) is 0 Å². The van der Waals surface area contributed by atoms with Crippen molar-refractivity contribution < 1.29 is 17.6 Å². The molecule has 2 heterocycles. The number of rotatable bonds is 5. The summed E-state index contributed by atoms with van der Waals surface area (Å²) in [6.45, 7) is 2.47. The fraction of sp³-hybridized carbons (Fsp3) is 0.474. The molecule has 1 fully saturated rings. The maximum Gasteiger partial charge on any atom is 0.262 e. The van der Waals surface area contributed by atoms with Crippen molar-refractivity contribution in [1.29, 1.82) is 0 Å². The fourth-order valence-electron chi connectivity index (χ4n) is 3.40. The lowest BCUT2D eigenvalue weighted by Gasteiger charge is -2.32. The highest BCUT2D eigenvalue weighted by atomic mass is 32.2. The molecule has 7 nitrogen and oxygen atoms in total. The molecule has 0 unspecified atom stereocenters.